The zero-order valence-corrected chi connectivity index (χ0v) is 20.1. The van der Waals surface area contributed by atoms with Crippen molar-refractivity contribution in [3.63, 3.8) is 0 Å². The van der Waals surface area contributed by atoms with E-state index < -0.39 is 30.1 Å². The quantitative estimate of drug-likeness (QED) is 0.231. The van der Waals surface area contributed by atoms with Crippen molar-refractivity contribution >= 4 is 23.7 Å². The Morgan fingerprint density at radius 3 is 2.53 bits per heavy atom. The normalized spacial score (nSPS) is 17.9. The molecule has 8 N–H and O–H groups in total. The van der Waals surface area contributed by atoms with Crippen molar-refractivity contribution in [1.29, 1.82) is 0 Å². The number of carbonyl (C=O) groups is 2. The fourth-order valence-electron chi connectivity index (χ4n) is 4.33. The Hall–Kier alpha value is -3.74. The van der Waals surface area contributed by atoms with Gasteiger partial charge in [0.15, 0.2) is 0 Å². The molecule has 1 aliphatic heterocycles. The zero-order chi connectivity index (χ0) is 26.1. The fourth-order valence-corrected chi connectivity index (χ4v) is 5.45. The second-order valence-corrected chi connectivity index (χ2v) is 9.68. The van der Waals surface area contributed by atoms with Gasteiger partial charge in [0.1, 0.15) is 34.4 Å². The highest BCUT2D eigenvalue weighted by Gasteiger charge is 2.36. The largest absolute Gasteiger partial charge is 0.508 e. The monoisotopic (exact) mass is 514 g/mol. The van der Waals surface area contributed by atoms with Crippen molar-refractivity contribution in [2.24, 2.45) is 12.8 Å². The Morgan fingerprint density at radius 1 is 1.19 bits per heavy atom. The third kappa shape index (κ3) is 5.10. The zero-order valence-electron chi connectivity index (χ0n) is 19.3. The number of aliphatic carboxylic acids is 2. The number of nitrogens with one attached hydrogen (secondary N) is 1. The van der Waals surface area contributed by atoms with E-state index in [0.29, 0.717) is 33.2 Å². The van der Waals surface area contributed by atoms with Crippen LogP contribution in [0.1, 0.15) is 28.4 Å². The molecule has 1 aromatic heterocycles. The lowest BCUT2D eigenvalue weighted by atomic mass is 9.86. The number of hydrogen-bond acceptors (Lipinski definition) is 9. The van der Waals surface area contributed by atoms with E-state index in [1.165, 1.54) is 24.5 Å². The minimum Gasteiger partial charge on any atom is -0.508 e. The van der Waals surface area contributed by atoms with Gasteiger partial charge in [-0.25, -0.2) is 4.98 Å². The van der Waals surface area contributed by atoms with Crippen molar-refractivity contribution in [3.8, 4) is 17.2 Å². The van der Waals surface area contributed by atoms with E-state index in [0.717, 1.165) is 17.3 Å². The topological polar surface area (TPSA) is 191 Å². The third-order valence-corrected chi connectivity index (χ3v) is 7.36. The van der Waals surface area contributed by atoms with E-state index in [-0.39, 0.29) is 30.1 Å². The number of phenols is 3. The van der Waals surface area contributed by atoms with Crippen LogP contribution >= 0.6 is 11.8 Å². The molecule has 0 saturated carbocycles. The number of hydrogen-bond donors (Lipinski definition) is 7. The van der Waals surface area contributed by atoms with Gasteiger partial charge in [0.25, 0.3) is 0 Å². The molecule has 3 atom stereocenters. The maximum Gasteiger partial charge on any atom is 0.321 e. The van der Waals surface area contributed by atoms with Crippen molar-refractivity contribution < 1.29 is 35.1 Å². The van der Waals surface area contributed by atoms with Gasteiger partial charge in [-0.15, -0.1) is 0 Å². The first-order valence-corrected chi connectivity index (χ1v) is 11.9. The predicted octanol–water partition coefficient (Wildman–Crippen LogP) is 1.53. The van der Waals surface area contributed by atoms with Gasteiger partial charge in [0.05, 0.1) is 16.9 Å². The van der Waals surface area contributed by atoms with Crippen LogP contribution in [0.25, 0.3) is 0 Å². The van der Waals surface area contributed by atoms with Crippen LogP contribution in [0.3, 0.4) is 0 Å². The molecule has 36 heavy (non-hydrogen) atoms. The molecule has 4 rings (SSSR count). The number of benzene rings is 2. The summed E-state index contributed by atoms with van der Waals surface area (Å²) >= 11 is 1.07. The lowest BCUT2D eigenvalue weighted by Crippen LogP contribution is -2.45. The van der Waals surface area contributed by atoms with E-state index in [2.05, 4.69) is 10.3 Å². The molecule has 0 fully saturated rings. The number of aryl methyl sites for hydroxylation is 1. The summed E-state index contributed by atoms with van der Waals surface area (Å²) in [6, 6.07) is 4.94. The van der Waals surface area contributed by atoms with Crippen LogP contribution in [-0.2, 0) is 35.9 Å². The van der Waals surface area contributed by atoms with Crippen LogP contribution in [0.15, 0.2) is 46.6 Å². The lowest BCUT2D eigenvalue weighted by Gasteiger charge is -2.33. The van der Waals surface area contributed by atoms with Gasteiger partial charge < -0.3 is 35.8 Å². The Balaban J connectivity index is 1.77. The summed E-state index contributed by atoms with van der Waals surface area (Å²) in [5.74, 6) is -2.57. The average molecular weight is 515 g/mol. The van der Waals surface area contributed by atoms with Crippen LogP contribution in [0.2, 0.25) is 0 Å². The van der Waals surface area contributed by atoms with Crippen LogP contribution in [-0.4, -0.2) is 59.1 Å². The average Bonchev–Trinajstić information content (AvgIpc) is 3.16. The number of nitrogens with two attached hydrogens (primary N) is 1. The molecular weight excluding hydrogens is 488 g/mol. The van der Waals surface area contributed by atoms with Crippen LogP contribution in [0, 0.1) is 0 Å². The maximum absolute atomic E-state index is 12.0. The number of nitrogens with zero attached hydrogens (tertiary/aromatic N) is 2. The summed E-state index contributed by atoms with van der Waals surface area (Å²) in [6.45, 7) is 0. The van der Waals surface area contributed by atoms with Crippen molar-refractivity contribution in [2.75, 3.05) is 0 Å². The number of aromatic nitrogens is 2. The number of carboxylic acid groups (broad SMARTS) is 2. The van der Waals surface area contributed by atoms with Crippen LogP contribution < -0.4 is 11.1 Å². The molecule has 0 unspecified atom stereocenters. The van der Waals surface area contributed by atoms with Gasteiger partial charge in [-0.2, -0.15) is 0 Å². The summed E-state index contributed by atoms with van der Waals surface area (Å²) in [5, 5.41) is 53.6. The summed E-state index contributed by atoms with van der Waals surface area (Å²) in [6.07, 6.45) is 1.82. The first-order valence-electron chi connectivity index (χ1n) is 11.1. The molecule has 2 heterocycles. The SMILES string of the molecule is Cn1cnc(Sc2c(O)cc(O)c3c2C[C@@H](C(=O)O)N[C@H]3Cc2ccc(O)cc2)c1C[C@H](N)C(=O)O. The van der Waals surface area contributed by atoms with E-state index in [1.807, 2.05) is 0 Å². The van der Waals surface area contributed by atoms with Gasteiger partial charge in [0.2, 0.25) is 0 Å². The smallest absolute Gasteiger partial charge is 0.321 e. The van der Waals surface area contributed by atoms with Crippen molar-refractivity contribution in [1.82, 2.24) is 14.9 Å². The number of imidazole rings is 1. The molecule has 2 aromatic carbocycles. The highest BCUT2D eigenvalue weighted by Crippen LogP contribution is 2.47. The molecule has 0 spiro atoms. The summed E-state index contributed by atoms with van der Waals surface area (Å²) < 4.78 is 1.64. The van der Waals surface area contributed by atoms with Crippen LogP contribution in [0.5, 0.6) is 17.2 Å². The summed E-state index contributed by atoms with van der Waals surface area (Å²) in [5.41, 5.74) is 8.00. The van der Waals surface area contributed by atoms with E-state index >= 15 is 0 Å². The Kier molecular flexibility index (Phi) is 7.11. The Bertz CT molecular complexity index is 1310. The van der Waals surface area contributed by atoms with Crippen LogP contribution in [0.4, 0.5) is 0 Å². The molecule has 190 valence electrons. The molecule has 1 aliphatic rings. The van der Waals surface area contributed by atoms with Crippen molar-refractivity contribution in [2.45, 2.75) is 47.3 Å². The second-order valence-electron chi connectivity index (χ2n) is 8.68. The molecule has 0 amide bonds. The van der Waals surface area contributed by atoms with Gasteiger partial charge in [0, 0.05) is 37.6 Å². The number of fused-ring (bicyclic) bond motifs is 1. The minimum atomic E-state index is -1.16. The first-order chi connectivity index (χ1) is 17.0. The van der Waals surface area contributed by atoms with Gasteiger partial charge >= 0.3 is 11.9 Å². The molecule has 0 aliphatic carbocycles. The number of phenolic OH excluding ortho intramolecular Hbond substituents is 3. The summed E-state index contributed by atoms with van der Waals surface area (Å²) in [4.78, 5) is 27.9. The lowest BCUT2D eigenvalue weighted by molar-refractivity contribution is -0.140. The second kappa shape index (κ2) is 10.1. The number of rotatable bonds is 8. The molecule has 0 radical (unpaired) electrons. The van der Waals surface area contributed by atoms with E-state index in [4.69, 9.17) is 5.73 Å². The van der Waals surface area contributed by atoms with Gasteiger partial charge in [-0.3, -0.25) is 14.9 Å². The maximum atomic E-state index is 12.0. The fraction of sp³-hybridized carbons (Fsp3) is 0.292. The van der Waals surface area contributed by atoms with E-state index in [1.54, 1.807) is 23.7 Å². The molecule has 0 saturated heterocycles. The van der Waals surface area contributed by atoms with E-state index in [9.17, 15) is 35.1 Å². The Labute approximate surface area is 210 Å². The minimum absolute atomic E-state index is 0.00200. The third-order valence-electron chi connectivity index (χ3n) is 6.16. The molecule has 0 bridgehead atoms. The number of carboxylic acids is 2. The van der Waals surface area contributed by atoms with Gasteiger partial charge in [-0.1, -0.05) is 23.9 Å². The molecule has 11 nitrogen and oxygen atoms in total. The highest BCUT2D eigenvalue weighted by atomic mass is 32.2. The standard InChI is InChI=1S/C24H26N4O7S/c1-28-10-26-22(17(28)8-14(25)23(32)33)36-21-13-7-16(24(34)35)27-15(20(13)18(30)9-19(21)31)6-11-2-4-12(29)5-3-11/h2-5,9-10,14-16,27,29-31H,6-8,25H2,1H3,(H,32,33)(H,34,35)/t14-,15-,16-/m0/s1. The Morgan fingerprint density at radius 2 is 1.89 bits per heavy atom. The summed E-state index contributed by atoms with van der Waals surface area (Å²) in [7, 11) is 1.70. The van der Waals surface area contributed by atoms with Gasteiger partial charge in [-0.05, 0) is 29.7 Å². The molecule has 3 aromatic rings. The molecule has 12 heteroatoms. The predicted molar refractivity (Wildman–Crippen MR) is 129 cm³/mol. The van der Waals surface area contributed by atoms with Crippen molar-refractivity contribution in [3.05, 3.63) is 59.0 Å². The number of aromatic hydroxyl groups is 3. The highest BCUT2D eigenvalue weighted by molar-refractivity contribution is 7.99. The first kappa shape index (κ1) is 25.4. The molecular formula is C24H26N4O7S.